The molecule has 3 rings (SSSR count). The second kappa shape index (κ2) is 7.77. The fourth-order valence-corrected chi connectivity index (χ4v) is 3.77. The zero-order valence-corrected chi connectivity index (χ0v) is 15.8. The molecule has 2 aliphatic heterocycles. The van der Waals surface area contributed by atoms with Gasteiger partial charge in [0.2, 0.25) is 0 Å². The maximum Gasteiger partial charge on any atom is 0.293 e. The predicted molar refractivity (Wildman–Crippen MR) is 101 cm³/mol. The molecule has 2 heterocycles. The van der Waals surface area contributed by atoms with Crippen molar-refractivity contribution < 1.29 is 9.72 Å². The van der Waals surface area contributed by atoms with Crippen LogP contribution in [0.15, 0.2) is 12.1 Å². The average molecular weight is 382 g/mol. The first-order chi connectivity index (χ1) is 12.4. The highest BCUT2D eigenvalue weighted by atomic mass is 35.5. The van der Waals surface area contributed by atoms with Gasteiger partial charge in [-0.15, -0.1) is 0 Å². The van der Waals surface area contributed by atoms with Gasteiger partial charge in [-0.2, -0.15) is 0 Å². The number of likely N-dealkylation sites (tertiary alicyclic amines) is 1. The molecule has 0 unspecified atom stereocenters. The number of benzene rings is 1. The van der Waals surface area contributed by atoms with Crippen LogP contribution in [-0.2, 0) is 0 Å². The molecule has 0 atom stereocenters. The minimum Gasteiger partial charge on any atom is -0.374 e. The van der Waals surface area contributed by atoms with Gasteiger partial charge in [-0.3, -0.25) is 19.8 Å². The first-order valence-electron chi connectivity index (χ1n) is 8.77. The van der Waals surface area contributed by atoms with Crippen LogP contribution in [0.1, 0.15) is 23.2 Å². The summed E-state index contributed by atoms with van der Waals surface area (Å²) < 4.78 is 0. The van der Waals surface area contributed by atoms with Gasteiger partial charge in [0.15, 0.2) is 0 Å². The fraction of sp³-hybridized carbons (Fsp3) is 0.588. The predicted octanol–water partition coefficient (Wildman–Crippen LogP) is 1.80. The minimum atomic E-state index is -0.478. The Bertz CT molecular complexity index is 700. The maximum absolute atomic E-state index is 12.1. The van der Waals surface area contributed by atoms with E-state index >= 15 is 0 Å². The van der Waals surface area contributed by atoms with Gasteiger partial charge in [-0.1, -0.05) is 11.6 Å². The third-order valence-electron chi connectivity index (χ3n) is 5.01. The van der Waals surface area contributed by atoms with E-state index in [0.29, 0.717) is 11.7 Å². The Labute approximate surface area is 157 Å². The Morgan fingerprint density at radius 1 is 1.35 bits per heavy atom. The Morgan fingerprint density at radius 3 is 2.58 bits per heavy atom. The summed E-state index contributed by atoms with van der Waals surface area (Å²) in [6.07, 6.45) is 2.28. The number of nitro benzene ring substituents is 1. The van der Waals surface area contributed by atoms with E-state index in [1.807, 2.05) is 0 Å². The minimum absolute atomic E-state index is 0.125. The number of amides is 1. The topological polar surface area (TPSA) is 90.8 Å². The maximum atomic E-state index is 12.1. The molecule has 1 aromatic carbocycles. The zero-order valence-electron chi connectivity index (χ0n) is 15.0. The van der Waals surface area contributed by atoms with Gasteiger partial charge in [-0.25, -0.2) is 0 Å². The van der Waals surface area contributed by atoms with Crippen molar-refractivity contribution in [2.75, 3.05) is 45.6 Å². The summed E-state index contributed by atoms with van der Waals surface area (Å²) in [6, 6.07) is 3.49. The highest BCUT2D eigenvalue weighted by Crippen LogP contribution is 2.33. The molecule has 8 nitrogen and oxygen atoms in total. The molecule has 0 spiro atoms. The molecule has 1 amide bonds. The number of nitrogens with one attached hydrogen (secondary N) is 2. The number of anilines is 1. The summed E-state index contributed by atoms with van der Waals surface area (Å²) in [5, 5.41) is 18.3. The van der Waals surface area contributed by atoms with Crippen molar-refractivity contribution in [3.63, 3.8) is 0 Å². The van der Waals surface area contributed by atoms with Gasteiger partial charge in [0, 0.05) is 39.3 Å². The number of hydrogen-bond acceptors (Lipinski definition) is 6. The second-order valence-corrected chi connectivity index (χ2v) is 7.49. The van der Waals surface area contributed by atoms with Crippen molar-refractivity contribution in [2.24, 2.45) is 0 Å². The third-order valence-corrected chi connectivity index (χ3v) is 5.33. The summed E-state index contributed by atoms with van der Waals surface area (Å²) in [6.45, 7) is 3.80. The van der Waals surface area contributed by atoms with Crippen molar-refractivity contribution in [3.05, 3.63) is 32.8 Å². The number of carbonyl (C=O) groups is 1. The number of halogens is 1. The summed E-state index contributed by atoms with van der Waals surface area (Å²) in [4.78, 5) is 26.9. The van der Waals surface area contributed by atoms with Crippen LogP contribution in [0.2, 0.25) is 5.02 Å². The van der Waals surface area contributed by atoms with Crippen LogP contribution in [0.25, 0.3) is 0 Å². The van der Waals surface area contributed by atoms with Gasteiger partial charge in [0.25, 0.3) is 11.6 Å². The number of rotatable bonds is 5. The van der Waals surface area contributed by atoms with Crippen molar-refractivity contribution in [3.8, 4) is 0 Å². The number of nitrogens with zero attached hydrogens (tertiary/aromatic N) is 3. The number of piperidine rings is 1. The van der Waals surface area contributed by atoms with Crippen molar-refractivity contribution in [1.82, 2.24) is 15.1 Å². The van der Waals surface area contributed by atoms with Gasteiger partial charge in [-0.05, 0) is 32.0 Å². The molecule has 2 N–H and O–H groups in total. The van der Waals surface area contributed by atoms with Gasteiger partial charge >= 0.3 is 0 Å². The van der Waals surface area contributed by atoms with Gasteiger partial charge in [0.05, 0.1) is 21.6 Å². The van der Waals surface area contributed by atoms with Crippen LogP contribution < -0.4 is 10.6 Å². The van der Waals surface area contributed by atoms with Crippen LogP contribution in [0.5, 0.6) is 0 Å². The van der Waals surface area contributed by atoms with Crippen molar-refractivity contribution in [1.29, 1.82) is 0 Å². The second-order valence-electron chi connectivity index (χ2n) is 7.08. The lowest BCUT2D eigenvalue weighted by molar-refractivity contribution is -0.384. The molecular weight excluding hydrogens is 358 g/mol. The molecule has 26 heavy (non-hydrogen) atoms. The number of nitro groups is 1. The SMILES string of the molecule is CN(C)C(=O)c1cc([N+](=O)[O-])c(NC2CN(C3CCNCC3)C2)cc1Cl. The van der Waals surface area contributed by atoms with Crippen LogP contribution >= 0.6 is 11.6 Å². The molecule has 0 aliphatic carbocycles. The molecule has 142 valence electrons. The van der Waals surface area contributed by atoms with E-state index in [1.54, 1.807) is 14.1 Å². The first-order valence-corrected chi connectivity index (χ1v) is 9.15. The molecule has 1 aromatic rings. The number of carbonyl (C=O) groups excluding carboxylic acids is 1. The third kappa shape index (κ3) is 3.92. The zero-order chi connectivity index (χ0) is 18.8. The molecule has 0 saturated carbocycles. The normalized spacial score (nSPS) is 19.0. The van der Waals surface area contributed by atoms with E-state index < -0.39 is 4.92 Å². The molecule has 0 bridgehead atoms. The summed E-state index contributed by atoms with van der Waals surface area (Å²) in [5.74, 6) is -0.356. The van der Waals surface area contributed by atoms with E-state index in [9.17, 15) is 14.9 Å². The standard InChI is InChI=1S/C17H24ClN5O3/c1-21(2)17(24)13-7-16(23(25)26)15(8-14(13)18)20-11-9-22(10-11)12-3-5-19-6-4-12/h7-8,11-12,19-20H,3-6,9-10H2,1-2H3. The lowest BCUT2D eigenvalue weighted by Crippen LogP contribution is -2.60. The highest BCUT2D eigenvalue weighted by Gasteiger charge is 2.34. The average Bonchev–Trinajstić information content (AvgIpc) is 2.57. The lowest BCUT2D eigenvalue weighted by Gasteiger charge is -2.46. The quantitative estimate of drug-likeness (QED) is 0.597. The molecule has 9 heteroatoms. The molecule has 2 fully saturated rings. The van der Waals surface area contributed by atoms with E-state index in [2.05, 4.69) is 15.5 Å². The van der Waals surface area contributed by atoms with Crippen LogP contribution in [0.4, 0.5) is 11.4 Å². The Balaban J connectivity index is 1.71. The summed E-state index contributed by atoms with van der Waals surface area (Å²) in [7, 11) is 3.17. The monoisotopic (exact) mass is 381 g/mol. The van der Waals surface area contributed by atoms with Crippen molar-refractivity contribution >= 4 is 28.9 Å². The molecular formula is C17H24ClN5O3. The van der Waals surface area contributed by atoms with E-state index in [0.717, 1.165) is 39.0 Å². The molecule has 2 saturated heterocycles. The van der Waals surface area contributed by atoms with E-state index in [1.165, 1.54) is 17.0 Å². The Kier molecular flexibility index (Phi) is 5.64. The smallest absolute Gasteiger partial charge is 0.293 e. The van der Waals surface area contributed by atoms with Gasteiger partial charge < -0.3 is 15.5 Å². The van der Waals surface area contributed by atoms with Crippen LogP contribution in [-0.4, -0.2) is 73.0 Å². The highest BCUT2D eigenvalue weighted by molar-refractivity contribution is 6.34. The number of hydrogen-bond donors (Lipinski definition) is 2. The van der Waals surface area contributed by atoms with Crippen molar-refractivity contribution in [2.45, 2.75) is 24.9 Å². The Hall–Kier alpha value is -1.90. The Morgan fingerprint density at radius 2 is 2.00 bits per heavy atom. The molecule has 2 aliphatic rings. The van der Waals surface area contributed by atoms with Crippen LogP contribution in [0, 0.1) is 10.1 Å². The largest absolute Gasteiger partial charge is 0.374 e. The van der Waals surface area contributed by atoms with Gasteiger partial charge in [0.1, 0.15) is 5.69 Å². The summed E-state index contributed by atoms with van der Waals surface area (Å²) >= 11 is 6.21. The summed E-state index contributed by atoms with van der Waals surface area (Å²) in [5.41, 5.74) is 0.379. The molecule has 0 aromatic heterocycles. The first kappa shape index (κ1) is 18.9. The van der Waals surface area contributed by atoms with E-state index in [-0.39, 0.29) is 28.2 Å². The molecule has 0 radical (unpaired) electrons. The fourth-order valence-electron chi connectivity index (χ4n) is 3.53. The van der Waals surface area contributed by atoms with E-state index in [4.69, 9.17) is 11.6 Å². The van der Waals surface area contributed by atoms with Crippen LogP contribution in [0.3, 0.4) is 0 Å². The lowest BCUT2D eigenvalue weighted by atomic mass is 9.98.